The van der Waals surface area contributed by atoms with Crippen molar-refractivity contribution in [3.63, 3.8) is 0 Å². The van der Waals surface area contributed by atoms with E-state index in [4.69, 9.17) is 16.3 Å². The number of halogens is 3. The van der Waals surface area contributed by atoms with Crippen molar-refractivity contribution in [1.82, 2.24) is 9.97 Å². The van der Waals surface area contributed by atoms with Crippen LogP contribution in [0.5, 0.6) is 5.75 Å². The molecule has 0 radical (unpaired) electrons. The minimum Gasteiger partial charge on any atom is -0.506 e. The molecule has 0 amide bonds. The van der Waals surface area contributed by atoms with Gasteiger partial charge in [0.15, 0.2) is 0 Å². The van der Waals surface area contributed by atoms with Crippen LogP contribution in [0.4, 0.5) is 17.5 Å². The monoisotopic (exact) mass is 434 g/mol. The molecule has 2 heterocycles. The molecule has 3 N–H and O–H groups in total. The molecule has 24 heavy (non-hydrogen) atoms. The zero-order valence-corrected chi connectivity index (χ0v) is 15.8. The van der Waals surface area contributed by atoms with E-state index in [1.54, 1.807) is 18.3 Å². The molecule has 1 unspecified atom stereocenters. The second-order valence-corrected chi connectivity index (χ2v) is 6.46. The minimum absolute atomic E-state index is 0. The fourth-order valence-corrected chi connectivity index (χ4v) is 2.79. The molecular formula is C15H17BrCl2N4O2. The first kappa shape index (κ1) is 19.1. The highest BCUT2D eigenvalue weighted by atomic mass is 79.9. The van der Waals surface area contributed by atoms with Gasteiger partial charge in [-0.3, -0.25) is 0 Å². The van der Waals surface area contributed by atoms with E-state index >= 15 is 0 Å². The lowest BCUT2D eigenvalue weighted by molar-refractivity contribution is 0.120. The van der Waals surface area contributed by atoms with Crippen molar-refractivity contribution >= 4 is 57.4 Å². The number of ether oxygens (including phenoxy) is 1. The van der Waals surface area contributed by atoms with E-state index in [0.29, 0.717) is 24.0 Å². The van der Waals surface area contributed by atoms with Crippen LogP contribution in [-0.4, -0.2) is 34.3 Å². The third-order valence-electron chi connectivity index (χ3n) is 3.47. The average molecular weight is 436 g/mol. The van der Waals surface area contributed by atoms with Crippen molar-refractivity contribution in [3.05, 3.63) is 33.9 Å². The number of anilines is 3. The largest absolute Gasteiger partial charge is 0.506 e. The van der Waals surface area contributed by atoms with Crippen molar-refractivity contribution < 1.29 is 9.84 Å². The van der Waals surface area contributed by atoms with E-state index in [9.17, 15) is 5.11 Å². The quantitative estimate of drug-likeness (QED) is 0.605. The van der Waals surface area contributed by atoms with Crippen molar-refractivity contribution in [2.24, 2.45) is 0 Å². The maximum atomic E-state index is 9.45. The molecule has 6 nitrogen and oxygen atoms in total. The summed E-state index contributed by atoms with van der Waals surface area (Å²) >= 11 is 9.33. The predicted octanol–water partition coefficient (Wildman–Crippen LogP) is 4.35. The standard InChI is InChI=1S/C15H16BrClN4O2.ClH/c16-11-8-19-15(20-9-3-4-13(22)12(17)6-9)21-14(11)18-7-10-2-1-5-23-10;/h3-4,6,8,10,22H,1-2,5,7H2,(H2,18,19,20,21);1H. The molecule has 1 fully saturated rings. The van der Waals surface area contributed by atoms with Crippen LogP contribution in [0, 0.1) is 0 Å². The number of hydrogen-bond acceptors (Lipinski definition) is 6. The topological polar surface area (TPSA) is 79.3 Å². The van der Waals surface area contributed by atoms with Crippen LogP contribution in [0.2, 0.25) is 5.02 Å². The SMILES string of the molecule is Cl.Oc1ccc(Nc2ncc(Br)c(NCC3CCCO3)n2)cc1Cl. The van der Waals surface area contributed by atoms with Crippen molar-refractivity contribution in [2.75, 3.05) is 23.8 Å². The van der Waals surface area contributed by atoms with E-state index < -0.39 is 0 Å². The highest BCUT2D eigenvalue weighted by Crippen LogP contribution is 2.28. The molecule has 0 bridgehead atoms. The Bertz CT molecular complexity index is 699. The summed E-state index contributed by atoms with van der Waals surface area (Å²) in [5.74, 6) is 1.17. The van der Waals surface area contributed by atoms with Crippen molar-refractivity contribution in [1.29, 1.82) is 0 Å². The number of phenolic OH excluding ortho intramolecular Hbond substituents is 1. The van der Waals surface area contributed by atoms with Crippen LogP contribution in [0.15, 0.2) is 28.9 Å². The molecule has 0 aliphatic carbocycles. The van der Waals surface area contributed by atoms with Gasteiger partial charge in [0.1, 0.15) is 11.6 Å². The number of benzene rings is 1. The number of hydrogen-bond donors (Lipinski definition) is 3. The van der Waals surface area contributed by atoms with Gasteiger partial charge in [-0.25, -0.2) is 4.98 Å². The lowest BCUT2D eigenvalue weighted by Gasteiger charge is -2.13. The number of rotatable bonds is 5. The minimum atomic E-state index is 0. The van der Waals surface area contributed by atoms with E-state index in [2.05, 4.69) is 36.5 Å². The second-order valence-electron chi connectivity index (χ2n) is 5.20. The fourth-order valence-electron chi connectivity index (χ4n) is 2.28. The third-order valence-corrected chi connectivity index (χ3v) is 4.35. The summed E-state index contributed by atoms with van der Waals surface area (Å²) in [6.07, 6.45) is 4.07. The first-order valence-electron chi connectivity index (χ1n) is 7.25. The second kappa shape index (κ2) is 8.71. The first-order chi connectivity index (χ1) is 11.1. The lowest BCUT2D eigenvalue weighted by atomic mass is 10.2. The Hall–Kier alpha value is -1.28. The van der Waals surface area contributed by atoms with Crippen molar-refractivity contribution in [3.8, 4) is 5.75 Å². The fraction of sp³-hybridized carbons (Fsp3) is 0.333. The van der Waals surface area contributed by atoms with Gasteiger partial charge < -0.3 is 20.5 Å². The summed E-state index contributed by atoms with van der Waals surface area (Å²) in [5, 5.41) is 16.0. The molecular weight excluding hydrogens is 419 g/mol. The Morgan fingerprint density at radius 1 is 1.42 bits per heavy atom. The highest BCUT2D eigenvalue weighted by molar-refractivity contribution is 9.10. The van der Waals surface area contributed by atoms with Crippen LogP contribution in [0.3, 0.4) is 0 Å². The molecule has 1 aromatic carbocycles. The summed E-state index contributed by atoms with van der Waals surface area (Å²) in [7, 11) is 0. The Kier molecular flexibility index (Phi) is 6.91. The summed E-state index contributed by atoms with van der Waals surface area (Å²) in [4.78, 5) is 8.66. The van der Waals surface area contributed by atoms with Gasteiger partial charge >= 0.3 is 0 Å². The average Bonchev–Trinajstić information content (AvgIpc) is 3.05. The van der Waals surface area contributed by atoms with Gasteiger partial charge in [-0.2, -0.15) is 4.98 Å². The summed E-state index contributed by atoms with van der Waals surface area (Å²) in [6, 6.07) is 4.83. The summed E-state index contributed by atoms with van der Waals surface area (Å²) < 4.78 is 6.37. The normalized spacial score (nSPS) is 16.5. The predicted molar refractivity (Wildman–Crippen MR) is 101 cm³/mol. The molecule has 0 saturated carbocycles. The number of aromatic hydroxyl groups is 1. The molecule has 1 aliphatic rings. The van der Waals surface area contributed by atoms with Crippen LogP contribution < -0.4 is 10.6 Å². The Balaban J connectivity index is 0.00000208. The van der Waals surface area contributed by atoms with E-state index in [1.165, 1.54) is 6.07 Å². The number of aromatic nitrogens is 2. The van der Waals surface area contributed by atoms with Gasteiger partial charge in [0.25, 0.3) is 0 Å². The molecule has 2 aromatic rings. The van der Waals surface area contributed by atoms with E-state index in [0.717, 1.165) is 23.9 Å². The molecule has 1 aliphatic heterocycles. The van der Waals surface area contributed by atoms with Gasteiger partial charge in [0, 0.05) is 25.0 Å². The van der Waals surface area contributed by atoms with Crippen LogP contribution in [0.25, 0.3) is 0 Å². The van der Waals surface area contributed by atoms with Crippen LogP contribution >= 0.6 is 39.9 Å². The Morgan fingerprint density at radius 3 is 2.96 bits per heavy atom. The molecule has 1 saturated heterocycles. The molecule has 1 atom stereocenters. The smallest absolute Gasteiger partial charge is 0.229 e. The maximum Gasteiger partial charge on any atom is 0.229 e. The van der Waals surface area contributed by atoms with Crippen LogP contribution in [0.1, 0.15) is 12.8 Å². The van der Waals surface area contributed by atoms with Gasteiger partial charge in [-0.05, 0) is 47.0 Å². The Morgan fingerprint density at radius 2 is 2.25 bits per heavy atom. The first-order valence-corrected chi connectivity index (χ1v) is 8.42. The summed E-state index contributed by atoms with van der Waals surface area (Å²) in [5.41, 5.74) is 0.695. The lowest BCUT2D eigenvalue weighted by Crippen LogP contribution is -2.19. The van der Waals surface area contributed by atoms with Crippen molar-refractivity contribution in [2.45, 2.75) is 18.9 Å². The summed E-state index contributed by atoms with van der Waals surface area (Å²) in [6.45, 7) is 1.53. The van der Waals surface area contributed by atoms with Gasteiger partial charge in [0.05, 0.1) is 15.6 Å². The number of nitrogens with zero attached hydrogens (tertiary/aromatic N) is 2. The van der Waals surface area contributed by atoms with E-state index in [-0.39, 0.29) is 29.3 Å². The molecule has 9 heteroatoms. The van der Waals surface area contributed by atoms with Gasteiger partial charge in [-0.1, -0.05) is 11.6 Å². The number of phenols is 1. The third kappa shape index (κ3) is 4.86. The maximum absolute atomic E-state index is 9.45. The Labute approximate surface area is 159 Å². The molecule has 130 valence electrons. The van der Waals surface area contributed by atoms with Crippen LogP contribution in [-0.2, 0) is 4.74 Å². The van der Waals surface area contributed by atoms with E-state index in [1.807, 2.05) is 0 Å². The molecule has 1 aromatic heterocycles. The molecule has 3 rings (SSSR count). The van der Waals surface area contributed by atoms with Gasteiger partial charge in [0.2, 0.25) is 5.95 Å². The number of nitrogens with one attached hydrogen (secondary N) is 2. The zero-order chi connectivity index (χ0) is 16.2. The van der Waals surface area contributed by atoms with Gasteiger partial charge in [-0.15, -0.1) is 12.4 Å². The molecule has 0 spiro atoms. The highest BCUT2D eigenvalue weighted by Gasteiger charge is 2.16. The zero-order valence-electron chi connectivity index (χ0n) is 12.6.